The summed E-state index contributed by atoms with van der Waals surface area (Å²) >= 11 is 0. The normalized spacial score (nSPS) is 17.8. The van der Waals surface area contributed by atoms with Gasteiger partial charge in [-0.05, 0) is 24.5 Å². The molecule has 1 aromatic carbocycles. The highest BCUT2D eigenvalue weighted by atomic mass is 16.2. The van der Waals surface area contributed by atoms with Crippen molar-refractivity contribution in [3.63, 3.8) is 0 Å². The lowest BCUT2D eigenvalue weighted by molar-refractivity contribution is -0.116. The van der Waals surface area contributed by atoms with Crippen LogP contribution in [0.2, 0.25) is 0 Å². The van der Waals surface area contributed by atoms with Gasteiger partial charge in [-0.1, -0.05) is 19.9 Å². The number of rotatable bonds is 4. The predicted octanol–water partition coefficient (Wildman–Crippen LogP) is 2.12. The molecule has 0 aromatic heterocycles. The van der Waals surface area contributed by atoms with Crippen molar-refractivity contribution in [2.24, 2.45) is 11.7 Å². The second-order valence-corrected chi connectivity index (χ2v) is 5.34. The number of fused-ring (bicyclic) bond motifs is 1. The molecule has 1 heterocycles. The number of hydrogen-bond acceptors (Lipinski definition) is 3. The smallest absolute Gasteiger partial charge is 0.245 e. The molecule has 2 rings (SSSR count). The number of nitrogens with zero attached hydrogens (tertiary/aromatic N) is 1. The summed E-state index contributed by atoms with van der Waals surface area (Å²) in [6, 6.07) is 5.45. The van der Waals surface area contributed by atoms with Crippen molar-refractivity contribution in [3.8, 4) is 0 Å². The first-order valence-corrected chi connectivity index (χ1v) is 6.40. The molecule has 0 saturated heterocycles. The van der Waals surface area contributed by atoms with Gasteiger partial charge in [0.15, 0.2) is 0 Å². The molecule has 98 valence electrons. The Morgan fingerprint density at radius 2 is 2.17 bits per heavy atom. The summed E-state index contributed by atoms with van der Waals surface area (Å²) in [6.45, 7) is 5.45. The summed E-state index contributed by atoms with van der Waals surface area (Å²) in [5.74, 6) is 0.571. The van der Waals surface area contributed by atoms with Crippen LogP contribution in [0.25, 0.3) is 0 Å². The zero-order valence-electron chi connectivity index (χ0n) is 11.2. The van der Waals surface area contributed by atoms with Gasteiger partial charge >= 0.3 is 0 Å². The van der Waals surface area contributed by atoms with Crippen LogP contribution in [-0.2, 0) is 4.79 Å². The fourth-order valence-corrected chi connectivity index (χ4v) is 2.09. The molecule has 0 bridgehead atoms. The van der Waals surface area contributed by atoms with Gasteiger partial charge in [-0.3, -0.25) is 4.79 Å². The maximum absolute atomic E-state index is 11.5. The lowest BCUT2D eigenvalue weighted by Crippen LogP contribution is -2.19. The predicted molar refractivity (Wildman–Crippen MR) is 74.7 cm³/mol. The molecule has 0 saturated carbocycles. The average molecular weight is 247 g/mol. The molecule has 0 spiro atoms. The van der Waals surface area contributed by atoms with Gasteiger partial charge in [0.1, 0.15) is 6.04 Å². The molecule has 1 aliphatic heterocycles. The van der Waals surface area contributed by atoms with Gasteiger partial charge in [-0.15, -0.1) is 0 Å². The summed E-state index contributed by atoms with van der Waals surface area (Å²) < 4.78 is 0. The molecule has 4 nitrogen and oxygen atoms in total. The number of carbonyl (C=O) groups excluding carboxylic acids is 1. The van der Waals surface area contributed by atoms with E-state index in [1.54, 1.807) is 0 Å². The van der Waals surface area contributed by atoms with Crippen molar-refractivity contribution in [3.05, 3.63) is 23.8 Å². The molecular formula is C14H21N3O. The largest absolute Gasteiger partial charge is 0.375 e. The molecule has 1 atom stereocenters. The molecule has 0 radical (unpaired) electrons. The van der Waals surface area contributed by atoms with Crippen LogP contribution in [0.1, 0.15) is 31.9 Å². The topological polar surface area (TPSA) is 58.4 Å². The molecule has 1 aromatic rings. The summed E-state index contributed by atoms with van der Waals surface area (Å²) in [5, 5.41) is 2.82. The molecule has 3 N–H and O–H groups in total. The van der Waals surface area contributed by atoms with E-state index in [1.807, 2.05) is 18.2 Å². The van der Waals surface area contributed by atoms with Crippen LogP contribution >= 0.6 is 0 Å². The minimum atomic E-state index is -0.518. The van der Waals surface area contributed by atoms with E-state index in [9.17, 15) is 4.79 Å². The van der Waals surface area contributed by atoms with Gasteiger partial charge < -0.3 is 16.0 Å². The van der Waals surface area contributed by atoms with Crippen LogP contribution < -0.4 is 16.0 Å². The maximum atomic E-state index is 11.5. The van der Waals surface area contributed by atoms with Crippen LogP contribution in [0.4, 0.5) is 11.4 Å². The van der Waals surface area contributed by atoms with Crippen LogP contribution in [-0.4, -0.2) is 19.5 Å². The number of nitrogens with one attached hydrogen (secondary N) is 1. The molecule has 18 heavy (non-hydrogen) atoms. The second-order valence-electron chi connectivity index (χ2n) is 5.34. The Kier molecular flexibility index (Phi) is 3.57. The zero-order chi connectivity index (χ0) is 13.3. The highest BCUT2D eigenvalue weighted by molar-refractivity contribution is 6.02. The fraction of sp³-hybridized carbons (Fsp3) is 0.500. The Morgan fingerprint density at radius 1 is 1.44 bits per heavy atom. The standard InChI is InChI=1S/C14H21N3O/c1-9(2)6-7-17(3)10-4-5-11-12(8-10)16-14(18)13(11)15/h4-5,8-9,13H,6-7,15H2,1-3H3,(H,16,18). The molecule has 1 amide bonds. The van der Waals surface area contributed by atoms with E-state index in [-0.39, 0.29) is 5.91 Å². The van der Waals surface area contributed by atoms with Gasteiger partial charge in [0.2, 0.25) is 5.91 Å². The second kappa shape index (κ2) is 4.98. The third kappa shape index (κ3) is 2.48. The molecule has 1 unspecified atom stereocenters. The zero-order valence-corrected chi connectivity index (χ0v) is 11.2. The van der Waals surface area contributed by atoms with Crippen LogP contribution in [0.3, 0.4) is 0 Å². The highest BCUT2D eigenvalue weighted by Gasteiger charge is 2.27. The lowest BCUT2D eigenvalue weighted by atomic mass is 10.1. The fourth-order valence-electron chi connectivity index (χ4n) is 2.09. The minimum absolute atomic E-state index is 0.119. The van der Waals surface area contributed by atoms with Gasteiger partial charge in [-0.25, -0.2) is 0 Å². The molecule has 4 heteroatoms. The van der Waals surface area contributed by atoms with E-state index >= 15 is 0 Å². The maximum Gasteiger partial charge on any atom is 0.245 e. The Hall–Kier alpha value is -1.55. The van der Waals surface area contributed by atoms with E-state index in [4.69, 9.17) is 5.73 Å². The van der Waals surface area contributed by atoms with E-state index in [0.717, 1.165) is 29.9 Å². The van der Waals surface area contributed by atoms with Gasteiger partial charge in [0, 0.05) is 30.5 Å². The monoisotopic (exact) mass is 247 g/mol. The summed E-state index contributed by atoms with van der Waals surface area (Å²) in [6.07, 6.45) is 1.15. The average Bonchev–Trinajstić information content (AvgIpc) is 2.61. The van der Waals surface area contributed by atoms with E-state index < -0.39 is 6.04 Å². The number of anilines is 2. The number of carbonyl (C=O) groups is 1. The Labute approximate surface area is 108 Å². The van der Waals surface area contributed by atoms with Gasteiger partial charge in [-0.2, -0.15) is 0 Å². The van der Waals surface area contributed by atoms with Crippen LogP contribution in [0.15, 0.2) is 18.2 Å². The van der Waals surface area contributed by atoms with Gasteiger partial charge in [0.25, 0.3) is 0 Å². The quantitative estimate of drug-likeness (QED) is 0.857. The van der Waals surface area contributed by atoms with Gasteiger partial charge in [0.05, 0.1) is 0 Å². The third-order valence-corrected chi connectivity index (χ3v) is 3.39. The van der Waals surface area contributed by atoms with Crippen molar-refractivity contribution in [2.75, 3.05) is 23.8 Å². The van der Waals surface area contributed by atoms with E-state index in [1.165, 1.54) is 0 Å². The Morgan fingerprint density at radius 3 is 2.83 bits per heavy atom. The lowest BCUT2D eigenvalue weighted by Gasteiger charge is -2.21. The van der Waals surface area contributed by atoms with E-state index in [2.05, 4.69) is 31.1 Å². The summed E-state index contributed by atoms with van der Waals surface area (Å²) in [5.41, 5.74) is 8.64. The molecule has 1 aliphatic rings. The number of amides is 1. The van der Waals surface area contributed by atoms with Crippen molar-refractivity contribution >= 4 is 17.3 Å². The first kappa shape index (κ1) is 12.9. The Balaban J connectivity index is 2.13. The number of hydrogen-bond donors (Lipinski definition) is 2. The minimum Gasteiger partial charge on any atom is -0.375 e. The highest BCUT2D eigenvalue weighted by Crippen LogP contribution is 2.32. The molecular weight excluding hydrogens is 226 g/mol. The van der Waals surface area contributed by atoms with Crippen molar-refractivity contribution < 1.29 is 4.79 Å². The van der Waals surface area contributed by atoms with E-state index in [0.29, 0.717) is 5.92 Å². The SMILES string of the molecule is CC(C)CCN(C)c1ccc2c(c1)NC(=O)C2N. The van der Waals surface area contributed by atoms with Crippen LogP contribution in [0.5, 0.6) is 0 Å². The number of nitrogens with two attached hydrogens (primary N) is 1. The van der Waals surface area contributed by atoms with Crippen molar-refractivity contribution in [1.82, 2.24) is 0 Å². The summed E-state index contributed by atoms with van der Waals surface area (Å²) in [7, 11) is 2.07. The molecule has 0 fully saturated rings. The first-order chi connectivity index (χ1) is 8.49. The third-order valence-electron chi connectivity index (χ3n) is 3.39. The first-order valence-electron chi connectivity index (χ1n) is 6.40. The number of benzene rings is 1. The van der Waals surface area contributed by atoms with Crippen LogP contribution in [0, 0.1) is 5.92 Å². The van der Waals surface area contributed by atoms with Crippen molar-refractivity contribution in [2.45, 2.75) is 26.3 Å². The molecule has 0 aliphatic carbocycles. The summed E-state index contributed by atoms with van der Waals surface area (Å²) in [4.78, 5) is 13.7. The van der Waals surface area contributed by atoms with Crippen molar-refractivity contribution in [1.29, 1.82) is 0 Å². The Bertz CT molecular complexity index is 456.